The molecule has 0 aliphatic rings. The fourth-order valence-electron chi connectivity index (χ4n) is 1.61. The van der Waals surface area contributed by atoms with Gasteiger partial charge in [-0.3, -0.25) is 4.79 Å². The van der Waals surface area contributed by atoms with Crippen LogP contribution in [0.25, 0.3) is 0 Å². The molecule has 0 aromatic heterocycles. The van der Waals surface area contributed by atoms with Crippen LogP contribution in [-0.4, -0.2) is 34.1 Å². The summed E-state index contributed by atoms with van der Waals surface area (Å²) in [5, 5.41) is 3.04. The normalized spacial score (nSPS) is 11.1. The molecule has 2 N–H and O–H groups in total. The van der Waals surface area contributed by atoms with Gasteiger partial charge in [0.25, 0.3) is 0 Å². The number of esters is 1. The molecule has 0 atom stereocenters. The van der Waals surface area contributed by atoms with Crippen molar-refractivity contribution >= 4 is 21.7 Å². The third-order valence-electron chi connectivity index (χ3n) is 2.67. The number of nitrogens with one attached hydrogen (secondary N) is 2. The van der Waals surface area contributed by atoms with Gasteiger partial charge in [0, 0.05) is 18.8 Å². The van der Waals surface area contributed by atoms with Gasteiger partial charge in [-0.05, 0) is 37.6 Å². The number of ether oxygens (including phenoxy) is 1. The smallest absolute Gasteiger partial charge is 0.307 e. The van der Waals surface area contributed by atoms with Crippen molar-refractivity contribution in [2.24, 2.45) is 0 Å². The van der Waals surface area contributed by atoms with Crippen molar-refractivity contribution in [3.63, 3.8) is 0 Å². The lowest BCUT2D eigenvalue weighted by Gasteiger charge is -2.08. The van der Waals surface area contributed by atoms with Gasteiger partial charge < -0.3 is 10.1 Å². The Balaban J connectivity index is 2.52. The summed E-state index contributed by atoms with van der Waals surface area (Å²) < 4.78 is 31.1. The third-order valence-corrected chi connectivity index (χ3v) is 4.15. The molecule has 0 amide bonds. The zero-order valence-corrected chi connectivity index (χ0v) is 13.2. The van der Waals surface area contributed by atoms with Gasteiger partial charge in [0.05, 0.1) is 17.9 Å². The van der Waals surface area contributed by atoms with Gasteiger partial charge in [-0.2, -0.15) is 0 Å². The zero-order valence-electron chi connectivity index (χ0n) is 12.4. The Bertz CT molecular complexity index is 541. The van der Waals surface area contributed by atoms with Gasteiger partial charge in [0.2, 0.25) is 10.0 Å². The Morgan fingerprint density at radius 3 is 2.38 bits per heavy atom. The topological polar surface area (TPSA) is 84.5 Å². The predicted molar refractivity (Wildman–Crippen MR) is 81.7 cm³/mol. The average Bonchev–Trinajstić information content (AvgIpc) is 2.46. The average molecular weight is 314 g/mol. The molecule has 1 rings (SSSR count). The first-order valence-electron chi connectivity index (χ1n) is 6.98. The van der Waals surface area contributed by atoms with Crippen LogP contribution in [0.1, 0.15) is 26.7 Å². The summed E-state index contributed by atoms with van der Waals surface area (Å²) in [5.74, 6) is -0.257. The molecule has 0 saturated heterocycles. The van der Waals surface area contributed by atoms with Crippen LogP contribution in [0.5, 0.6) is 0 Å². The van der Waals surface area contributed by atoms with E-state index < -0.39 is 10.0 Å². The van der Waals surface area contributed by atoms with Crippen molar-refractivity contribution in [2.75, 3.05) is 25.0 Å². The van der Waals surface area contributed by atoms with Gasteiger partial charge in [-0.1, -0.05) is 6.92 Å². The van der Waals surface area contributed by atoms with E-state index in [9.17, 15) is 13.2 Å². The van der Waals surface area contributed by atoms with E-state index in [-0.39, 0.29) is 17.3 Å². The molecule has 0 radical (unpaired) electrons. The van der Waals surface area contributed by atoms with Crippen LogP contribution in [0.2, 0.25) is 0 Å². The molecule has 0 heterocycles. The van der Waals surface area contributed by atoms with E-state index in [1.54, 1.807) is 19.1 Å². The fourth-order valence-corrected chi connectivity index (χ4v) is 2.75. The van der Waals surface area contributed by atoms with E-state index in [1.165, 1.54) is 12.1 Å². The maximum Gasteiger partial charge on any atom is 0.307 e. The second-order valence-electron chi connectivity index (χ2n) is 4.40. The summed E-state index contributed by atoms with van der Waals surface area (Å²) in [5.41, 5.74) is 0.758. The first kappa shape index (κ1) is 17.5. The summed E-state index contributed by atoms with van der Waals surface area (Å²) >= 11 is 0. The largest absolute Gasteiger partial charge is 0.466 e. The van der Waals surface area contributed by atoms with Crippen molar-refractivity contribution < 1.29 is 17.9 Å². The predicted octanol–water partition coefficient (Wildman–Crippen LogP) is 1.74. The Labute approximate surface area is 125 Å². The van der Waals surface area contributed by atoms with E-state index >= 15 is 0 Å². The standard InChI is InChI=1S/C14H22N2O4S/c1-3-10-16-21(18,19)13-7-5-12(6-8-13)15-11-9-14(17)20-4-2/h5-8,15-16H,3-4,9-11H2,1-2H3. The van der Waals surface area contributed by atoms with E-state index in [4.69, 9.17) is 4.74 Å². The minimum Gasteiger partial charge on any atom is -0.466 e. The quantitative estimate of drug-likeness (QED) is 0.678. The summed E-state index contributed by atoms with van der Waals surface area (Å²) in [6.45, 7) is 4.90. The molecule has 1 aromatic rings. The Morgan fingerprint density at radius 2 is 1.81 bits per heavy atom. The van der Waals surface area contributed by atoms with Gasteiger partial charge in [0.15, 0.2) is 0 Å². The second kappa shape index (κ2) is 8.63. The molecule has 0 bridgehead atoms. The molecule has 7 heteroatoms. The second-order valence-corrected chi connectivity index (χ2v) is 6.17. The number of carbonyl (C=O) groups excluding carboxylic acids is 1. The third kappa shape index (κ3) is 6.14. The van der Waals surface area contributed by atoms with Crippen molar-refractivity contribution in [1.29, 1.82) is 0 Å². The maximum absolute atomic E-state index is 11.9. The van der Waals surface area contributed by atoms with Crippen molar-refractivity contribution in [2.45, 2.75) is 31.6 Å². The van der Waals surface area contributed by atoms with Crippen molar-refractivity contribution in [3.05, 3.63) is 24.3 Å². The van der Waals surface area contributed by atoms with Gasteiger partial charge >= 0.3 is 5.97 Å². The number of hydrogen-bond acceptors (Lipinski definition) is 5. The van der Waals surface area contributed by atoms with Crippen LogP contribution in [0.3, 0.4) is 0 Å². The Morgan fingerprint density at radius 1 is 1.14 bits per heavy atom. The molecule has 6 nitrogen and oxygen atoms in total. The summed E-state index contributed by atoms with van der Waals surface area (Å²) in [6, 6.07) is 6.41. The minimum atomic E-state index is -3.43. The SMILES string of the molecule is CCCNS(=O)(=O)c1ccc(NCCC(=O)OCC)cc1. The monoisotopic (exact) mass is 314 g/mol. The molecule has 21 heavy (non-hydrogen) atoms. The maximum atomic E-state index is 11.9. The number of anilines is 1. The van der Waals surface area contributed by atoms with E-state index in [0.29, 0.717) is 19.7 Å². The Hall–Kier alpha value is -1.60. The lowest BCUT2D eigenvalue weighted by Crippen LogP contribution is -2.24. The first-order chi connectivity index (χ1) is 9.99. The summed E-state index contributed by atoms with van der Waals surface area (Å²) in [7, 11) is -3.43. The summed E-state index contributed by atoms with van der Waals surface area (Å²) in [4.78, 5) is 11.4. The molecular formula is C14H22N2O4S. The molecule has 0 spiro atoms. The lowest BCUT2D eigenvalue weighted by atomic mass is 10.3. The Kier molecular flexibility index (Phi) is 7.18. The highest BCUT2D eigenvalue weighted by atomic mass is 32.2. The molecular weight excluding hydrogens is 292 g/mol. The highest BCUT2D eigenvalue weighted by Crippen LogP contribution is 2.14. The van der Waals surface area contributed by atoms with Gasteiger partial charge in [-0.25, -0.2) is 13.1 Å². The molecule has 118 valence electrons. The van der Waals surface area contributed by atoms with E-state index in [1.807, 2.05) is 6.92 Å². The highest BCUT2D eigenvalue weighted by Gasteiger charge is 2.12. The van der Waals surface area contributed by atoms with Gasteiger partial charge in [-0.15, -0.1) is 0 Å². The molecule has 0 unspecified atom stereocenters. The molecule has 1 aromatic carbocycles. The fraction of sp³-hybridized carbons (Fsp3) is 0.500. The zero-order chi connectivity index (χ0) is 15.7. The van der Waals surface area contributed by atoms with E-state index in [2.05, 4.69) is 10.0 Å². The number of carbonyl (C=O) groups is 1. The van der Waals surface area contributed by atoms with Crippen LogP contribution in [0.15, 0.2) is 29.2 Å². The van der Waals surface area contributed by atoms with Gasteiger partial charge in [0.1, 0.15) is 0 Å². The van der Waals surface area contributed by atoms with Crippen LogP contribution in [-0.2, 0) is 19.6 Å². The number of sulfonamides is 1. The number of benzene rings is 1. The van der Waals surface area contributed by atoms with Crippen LogP contribution in [0.4, 0.5) is 5.69 Å². The van der Waals surface area contributed by atoms with Crippen molar-refractivity contribution in [1.82, 2.24) is 4.72 Å². The number of rotatable bonds is 9. The van der Waals surface area contributed by atoms with Crippen LogP contribution in [0, 0.1) is 0 Å². The highest BCUT2D eigenvalue weighted by molar-refractivity contribution is 7.89. The van der Waals surface area contributed by atoms with Crippen LogP contribution >= 0.6 is 0 Å². The molecule has 0 aliphatic heterocycles. The van der Waals surface area contributed by atoms with Crippen LogP contribution < -0.4 is 10.0 Å². The van der Waals surface area contributed by atoms with Crippen molar-refractivity contribution in [3.8, 4) is 0 Å². The minimum absolute atomic E-state index is 0.229. The van der Waals surface area contributed by atoms with E-state index in [0.717, 1.165) is 12.1 Å². The molecule has 0 aliphatic carbocycles. The summed E-state index contributed by atoms with van der Waals surface area (Å²) in [6.07, 6.45) is 1.01. The molecule has 0 fully saturated rings. The number of hydrogen-bond donors (Lipinski definition) is 2. The molecule has 0 saturated carbocycles. The lowest BCUT2D eigenvalue weighted by molar-refractivity contribution is -0.142. The first-order valence-corrected chi connectivity index (χ1v) is 8.47.